The second-order valence-corrected chi connectivity index (χ2v) is 6.80. The van der Waals surface area contributed by atoms with E-state index in [2.05, 4.69) is 18.7 Å². The van der Waals surface area contributed by atoms with Gasteiger partial charge in [0.2, 0.25) is 5.91 Å². The number of hydrogen-bond acceptors (Lipinski definition) is 3. The average molecular weight is 378 g/mol. The summed E-state index contributed by atoms with van der Waals surface area (Å²) in [4.78, 5) is 27.9. The van der Waals surface area contributed by atoms with Crippen molar-refractivity contribution in [2.75, 3.05) is 31.1 Å². The van der Waals surface area contributed by atoms with Crippen LogP contribution in [0, 0.1) is 0 Å². The molecule has 2 amide bonds. The molecule has 1 fully saturated rings. The lowest BCUT2D eigenvalue weighted by Gasteiger charge is -2.21. The zero-order valence-corrected chi connectivity index (χ0v) is 16.0. The maximum Gasteiger partial charge on any atom is 0.260 e. The second kappa shape index (κ2) is 9.74. The zero-order chi connectivity index (χ0) is 19.8. The summed E-state index contributed by atoms with van der Waals surface area (Å²) in [7, 11) is 0. The fourth-order valence-electron chi connectivity index (χ4n) is 3.26. The van der Waals surface area contributed by atoms with E-state index in [-0.39, 0.29) is 18.4 Å². The van der Waals surface area contributed by atoms with E-state index in [4.69, 9.17) is 4.74 Å². The molecule has 1 aliphatic rings. The van der Waals surface area contributed by atoms with Crippen LogP contribution in [0.2, 0.25) is 0 Å². The van der Waals surface area contributed by atoms with Crippen LogP contribution in [0.5, 0.6) is 5.75 Å². The van der Waals surface area contributed by atoms with Crippen LogP contribution in [0.3, 0.4) is 0 Å². The Morgan fingerprint density at radius 3 is 2.54 bits per heavy atom. The summed E-state index contributed by atoms with van der Waals surface area (Å²) in [6, 6.07) is 17.4. The minimum absolute atomic E-state index is 0.0232. The number of ether oxygens (including phenoxy) is 1. The van der Waals surface area contributed by atoms with Crippen molar-refractivity contribution in [1.29, 1.82) is 0 Å². The molecule has 2 aromatic rings. The van der Waals surface area contributed by atoms with Crippen molar-refractivity contribution >= 4 is 17.5 Å². The molecule has 5 nitrogen and oxygen atoms in total. The summed E-state index contributed by atoms with van der Waals surface area (Å²) in [5, 5.41) is 0. The van der Waals surface area contributed by atoms with Crippen LogP contribution in [-0.4, -0.2) is 43.0 Å². The van der Waals surface area contributed by atoms with E-state index in [0.29, 0.717) is 25.3 Å². The molecular formula is C23H26N2O3. The molecule has 0 N–H and O–H groups in total. The Morgan fingerprint density at radius 1 is 1.14 bits per heavy atom. The van der Waals surface area contributed by atoms with Gasteiger partial charge in [-0.1, -0.05) is 36.4 Å². The van der Waals surface area contributed by atoms with Crippen LogP contribution in [0.4, 0.5) is 5.69 Å². The summed E-state index contributed by atoms with van der Waals surface area (Å²) < 4.78 is 5.66. The van der Waals surface area contributed by atoms with E-state index in [0.717, 1.165) is 25.1 Å². The molecule has 1 aliphatic heterocycles. The highest BCUT2D eigenvalue weighted by Crippen LogP contribution is 2.23. The van der Waals surface area contributed by atoms with Crippen molar-refractivity contribution in [1.82, 2.24) is 4.90 Å². The number of nitrogens with zero attached hydrogens (tertiary/aromatic N) is 2. The van der Waals surface area contributed by atoms with Gasteiger partial charge < -0.3 is 14.5 Å². The van der Waals surface area contributed by atoms with Gasteiger partial charge in [0.1, 0.15) is 5.75 Å². The lowest BCUT2D eigenvalue weighted by Crippen LogP contribution is -2.36. The summed E-state index contributed by atoms with van der Waals surface area (Å²) in [5.41, 5.74) is 2.06. The lowest BCUT2D eigenvalue weighted by atomic mass is 10.1. The van der Waals surface area contributed by atoms with Crippen LogP contribution >= 0.6 is 0 Å². The van der Waals surface area contributed by atoms with E-state index in [1.54, 1.807) is 28.0 Å². The average Bonchev–Trinajstić information content (AvgIpc) is 3.16. The van der Waals surface area contributed by atoms with Crippen molar-refractivity contribution in [2.24, 2.45) is 0 Å². The second-order valence-electron chi connectivity index (χ2n) is 6.80. The van der Waals surface area contributed by atoms with Gasteiger partial charge in [0.15, 0.2) is 6.61 Å². The Kier molecular flexibility index (Phi) is 6.84. The Morgan fingerprint density at radius 2 is 1.89 bits per heavy atom. The van der Waals surface area contributed by atoms with E-state index >= 15 is 0 Å². The quantitative estimate of drug-likeness (QED) is 0.628. The van der Waals surface area contributed by atoms with Crippen molar-refractivity contribution in [3.05, 3.63) is 72.8 Å². The van der Waals surface area contributed by atoms with Gasteiger partial charge in [-0.25, -0.2) is 0 Å². The van der Waals surface area contributed by atoms with Gasteiger partial charge in [-0.2, -0.15) is 0 Å². The molecule has 5 heteroatoms. The Bertz CT molecular complexity index is 802. The van der Waals surface area contributed by atoms with Gasteiger partial charge in [0.05, 0.1) is 0 Å². The lowest BCUT2D eigenvalue weighted by molar-refractivity contribution is -0.132. The number of hydrogen-bond donors (Lipinski definition) is 0. The van der Waals surface area contributed by atoms with Crippen LogP contribution in [-0.2, 0) is 16.0 Å². The summed E-state index contributed by atoms with van der Waals surface area (Å²) in [5.74, 6) is 0.697. The first-order chi connectivity index (χ1) is 13.7. The van der Waals surface area contributed by atoms with Crippen LogP contribution < -0.4 is 9.64 Å². The molecule has 146 valence electrons. The van der Waals surface area contributed by atoms with Crippen molar-refractivity contribution < 1.29 is 14.3 Å². The highest BCUT2D eigenvalue weighted by atomic mass is 16.5. The molecule has 2 aromatic carbocycles. The monoisotopic (exact) mass is 378 g/mol. The number of amides is 2. The predicted molar refractivity (Wildman–Crippen MR) is 110 cm³/mol. The topological polar surface area (TPSA) is 49.9 Å². The molecule has 0 aromatic heterocycles. The fourth-order valence-corrected chi connectivity index (χ4v) is 3.26. The maximum absolute atomic E-state index is 12.5. The molecule has 28 heavy (non-hydrogen) atoms. The summed E-state index contributed by atoms with van der Waals surface area (Å²) >= 11 is 0. The Hall–Kier alpha value is -3.08. The number of anilines is 1. The van der Waals surface area contributed by atoms with E-state index in [9.17, 15) is 9.59 Å². The largest absolute Gasteiger partial charge is 0.484 e. The van der Waals surface area contributed by atoms with E-state index < -0.39 is 0 Å². The fraction of sp³-hybridized carbons (Fsp3) is 0.304. The van der Waals surface area contributed by atoms with Crippen LogP contribution in [0.25, 0.3) is 0 Å². The first-order valence-electron chi connectivity index (χ1n) is 9.63. The minimum Gasteiger partial charge on any atom is -0.484 e. The molecule has 0 unspecified atom stereocenters. The third-order valence-corrected chi connectivity index (χ3v) is 4.80. The van der Waals surface area contributed by atoms with E-state index in [1.807, 2.05) is 30.3 Å². The minimum atomic E-state index is -0.0744. The van der Waals surface area contributed by atoms with Gasteiger partial charge in [0.25, 0.3) is 5.91 Å². The van der Waals surface area contributed by atoms with Crippen LogP contribution in [0.15, 0.2) is 67.3 Å². The molecule has 0 spiro atoms. The summed E-state index contributed by atoms with van der Waals surface area (Å²) in [6.07, 6.45) is 4.02. The highest BCUT2D eigenvalue weighted by molar-refractivity contribution is 5.95. The third-order valence-electron chi connectivity index (χ3n) is 4.80. The number of rotatable bonds is 9. The highest BCUT2D eigenvalue weighted by Gasteiger charge is 2.21. The number of benzene rings is 2. The molecule has 0 atom stereocenters. The van der Waals surface area contributed by atoms with Gasteiger partial charge in [-0.05, 0) is 42.7 Å². The molecule has 3 rings (SSSR count). The zero-order valence-electron chi connectivity index (χ0n) is 16.0. The Labute approximate surface area is 166 Å². The first-order valence-corrected chi connectivity index (χ1v) is 9.63. The predicted octanol–water partition coefficient (Wildman–Crippen LogP) is 3.45. The standard InChI is InChI=1S/C23H26N2O3/c1-2-15-24(17-14-19-7-4-3-5-8-19)23(27)18-28-21-12-10-20(11-13-21)25-16-6-9-22(25)26/h2-5,7-8,10-13H,1,6,9,14-18H2. The number of carbonyl (C=O) groups excluding carboxylic acids is 2. The maximum atomic E-state index is 12.5. The van der Waals surface area contributed by atoms with Gasteiger partial charge in [-0.3, -0.25) is 9.59 Å². The third kappa shape index (κ3) is 5.22. The van der Waals surface area contributed by atoms with E-state index in [1.165, 1.54) is 5.56 Å². The molecule has 0 bridgehead atoms. The van der Waals surface area contributed by atoms with Crippen molar-refractivity contribution in [3.8, 4) is 5.75 Å². The Balaban J connectivity index is 1.52. The van der Waals surface area contributed by atoms with Gasteiger partial charge >= 0.3 is 0 Å². The SMILES string of the molecule is C=CCN(CCc1ccccc1)C(=O)COc1ccc(N2CCCC2=O)cc1. The smallest absolute Gasteiger partial charge is 0.260 e. The molecule has 0 radical (unpaired) electrons. The van der Waals surface area contributed by atoms with Crippen molar-refractivity contribution in [3.63, 3.8) is 0 Å². The normalized spacial score (nSPS) is 13.4. The molecular weight excluding hydrogens is 352 g/mol. The van der Waals surface area contributed by atoms with Crippen molar-refractivity contribution in [2.45, 2.75) is 19.3 Å². The molecule has 0 aliphatic carbocycles. The summed E-state index contributed by atoms with van der Waals surface area (Å²) in [6.45, 7) is 5.59. The molecule has 0 saturated carbocycles. The van der Waals surface area contributed by atoms with Gasteiger partial charge in [-0.15, -0.1) is 6.58 Å². The first kappa shape index (κ1) is 19.7. The van der Waals surface area contributed by atoms with Crippen LogP contribution in [0.1, 0.15) is 18.4 Å². The van der Waals surface area contributed by atoms with Gasteiger partial charge in [0, 0.05) is 31.7 Å². The molecule has 1 saturated heterocycles. The molecule has 1 heterocycles. The number of carbonyl (C=O) groups is 2.